The third kappa shape index (κ3) is 5.81. The third-order valence-electron chi connectivity index (χ3n) is 5.09. The van der Waals surface area contributed by atoms with E-state index in [-0.39, 0.29) is 11.9 Å². The lowest BCUT2D eigenvalue weighted by atomic mass is 10.0. The summed E-state index contributed by atoms with van der Waals surface area (Å²) in [4.78, 5) is 26.1. The van der Waals surface area contributed by atoms with E-state index < -0.39 is 5.97 Å². The van der Waals surface area contributed by atoms with Gasteiger partial charge in [-0.2, -0.15) is 0 Å². The Bertz CT molecular complexity index is 838. The zero-order valence-electron chi connectivity index (χ0n) is 17.0. The van der Waals surface area contributed by atoms with Crippen LogP contribution in [-0.4, -0.2) is 49.6 Å². The number of esters is 1. The number of rotatable bonds is 7. The first-order valence-electron chi connectivity index (χ1n) is 9.96. The zero-order chi connectivity index (χ0) is 20.6. The normalized spacial score (nSPS) is 16.3. The van der Waals surface area contributed by atoms with Crippen molar-refractivity contribution in [3.63, 3.8) is 0 Å². The smallest absolute Gasteiger partial charge is 0.308 e. The zero-order valence-corrected chi connectivity index (χ0v) is 17.0. The SMILES string of the molecule is COc1cc(CCC(=O)N2CCNC[C@H]2Cc2ccccc2)ccc1OC(C)=O. The Balaban J connectivity index is 1.62. The maximum Gasteiger partial charge on any atom is 0.308 e. The van der Waals surface area contributed by atoms with Gasteiger partial charge < -0.3 is 19.7 Å². The Kier molecular flexibility index (Phi) is 7.25. The van der Waals surface area contributed by atoms with Gasteiger partial charge in [0.1, 0.15) is 0 Å². The van der Waals surface area contributed by atoms with E-state index >= 15 is 0 Å². The van der Waals surface area contributed by atoms with Crippen molar-refractivity contribution in [2.24, 2.45) is 0 Å². The van der Waals surface area contributed by atoms with Crippen LogP contribution in [0, 0.1) is 0 Å². The van der Waals surface area contributed by atoms with Gasteiger partial charge in [0.05, 0.1) is 7.11 Å². The maximum atomic E-state index is 12.9. The molecule has 1 heterocycles. The van der Waals surface area contributed by atoms with Crippen LogP contribution < -0.4 is 14.8 Å². The van der Waals surface area contributed by atoms with Crippen LogP contribution in [0.1, 0.15) is 24.5 Å². The van der Waals surface area contributed by atoms with E-state index in [9.17, 15) is 9.59 Å². The van der Waals surface area contributed by atoms with E-state index in [1.165, 1.54) is 19.6 Å². The van der Waals surface area contributed by atoms with Gasteiger partial charge in [0.15, 0.2) is 11.5 Å². The minimum absolute atomic E-state index is 0.162. The molecule has 1 N–H and O–H groups in total. The molecule has 0 radical (unpaired) electrons. The molecule has 1 aliphatic rings. The largest absolute Gasteiger partial charge is 0.493 e. The summed E-state index contributed by atoms with van der Waals surface area (Å²) in [7, 11) is 1.53. The number of amides is 1. The second kappa shape index (κ2) is 10.1. The minimum atomic E-state index is -0.394. The van der Waals surface area contributed by atoms with Crippen LogP contribution in [-0.2, 0) is 22.4 Å². The van der Waals surface area contributed by atoms with Crippen LogP contribution in [0.25, 0.3) is 0 Å². The molecule has 1 aliphatic heterocycles. The van der Waals surface area contributed by atoms with Crippen molar-refractivity contribution in [1.29, 1.82) is 0 Å². The highest BCUT2D eigenvalue weighted by Gasteiger charge is 2.26. The summed E-state index contributed by atoms with van der Waals surface area (Å²) in [6.07, 6.45) is 1.89. The number of hydrogen-bond acceptors (Lipinski definition) is 5. The van der Waals surface area contributed by atoms with E-state index in [4.69, 9.17) is 9.47 Å². The first kappa shape index (κ1) is 20.9. The number of ether oxygens (including phenoxy) is 2. The van der Waals surface area contributed by atoms with Crippen LogP contribution >= 0.6 is 0 Å². The molecular weight excluding hydrogens is 368 g/mol. The maximum absolute atomic E-state index is 12.9. The standard InChI is InChI=1S/C23H28N2O4/c1-17(26)29-21-10-8-19(15-22(21)28-2)9-11-23(27)25-13-12-24-16-20(25)14-18-6-4-3-5-7-18/h3-8,10,15,20,24H,9,11-14,16H2,1-2H3/t20-/m1/s1. The number of piperazine rings is 1. The highest BCUT2D eigenvalue weighted by Crippen LogP contribution is 2.28. The lowest BCUT2D eigenvalue weighted by molar-refractivity contribution is -0.134. The molecular formula is C23H28N2O4. The molecule has 0 spiro atoms. The summed E-state index contributed by atoms with van der Waals surface area (Å²) in [5.41, 5.74) is 2.21. The van der Waals surface area contributed by atoms with E-state index in [1.807, 2.05) is 35.2 Å². The topological polar surface area (TPSA) is 67.9 Å². The first-order valence-corrected chi connectivity index (χ1v) is 9.96. The van der Waals surface area contributed by atoms with E-state index in [2.05, 4.69) is 17.4 Å². The fourth-order valence-corrected chi connectivity index (χ4v) is 3.66. The molecule has 0 aromatic heterocycles. The van der Waals surface area contributed by atoms with Gasteiger partial charge in [-0.1, -0.05) is 36.4 Å². The van der Waals surface area contributed by atoms with Crippen molar-refractivity contribution < 1.29 is 19.1 Å². The van der Waals surface area contributed by atoms with E-state index in [0.29, 0.717) is 24.3 Å². The van der Waals surface area contributed by atoms with Gasteiger partial charge in [-0.25, -0.2) is 0 Å². The molecule has 0 unspecified atom stereocenters. The number of carbonyl (C=O) groups is 2. The van der Waals surface area contributed by atoms with Gasteiger partial charge in [0.2, 0.25) is 5.91 Å². The number of aryl methyl sites for hydroxylation is 1. The van der Waals surface area contributed by atoms with Crippen LogP contribution in [0.4, 0.5) is 0 Å². The molecule has 1 fully saturated rings. The Morgan fingerprint density at radius 1 is 1.10 bits per heavy atom. The average molecular weight is 396 g/mol. The molecule has 1 atom stereocenters. The van der Waals surface area contributed by atoms with Gasteiger partial charge >= 0.3 is 5.97 Å². The molecule has 3 rings (SSSR count). The Hall–Kier alpha value is -2.86. The first-order chi connectivity index (χ1) is 14.1. The predicted molar refractivity (Wildman–Crippen MR) is 111 cm³/mol. The summed E-state index contributed by atoms with van der Waals surface area (Å²) in [5.74, 6) is 0.652. The van der Waals surface area contributed by atoms with Crippen LogP contribution in [0.15, 0.2) is 48.5 Å². The van der Waals surface area contributed by atoms with Crippen LogP contribution in [0.3, 0.4) is 0 Å². The molecule has 0 aliphatic carbocycles. The number of methoxy groups -OCH3 is 1. The Morgan fingerprint density at radius 2 is 1.90 bits per heavy atom. The molecule has 2 aromatic rings. The monoisotopic (exact) mass is 396 g/mol. The van der Waals surface area contributed by atoms with E-state index in [1.54, 1.807) is 6.07 Å². The van der Waals surface area contributed by atoms with Crippen molar-refractivity contribution in [3.8, 4) is 11.5 Å². The predicted octanol–water partition coefficient (Wildman–Crippen LogP) is 2.60. The molecule has 1 saturated heterocycles. The van der Waals surface area contributed by atoms with Crippen molar-refractivity contribution >= 4 is 11.9 Å². The summed E-state index contributed by atoms with van der Waals surface area (Å²) >= 11 is 0. The number of carbonyl (C=O) groups excluding carboxylic acids is 2. The van der Waals surface area contributed by atoms with Gasteiger partial charge in [-0.05, 0) is 36.1 Å². The molecule has 0 saturated carbocycles. The van der Waals surface area contributed by atoms with Gasteiger partial charge in [0.25, 0.3) is 0 Å². The summed E-state index contributed by atoms with van der Waals surface area (Å²) in [6, 6.07) is 15.9. The summed E-state index contributed by atoms with van der Waals surface area (Å²) in [5, 5.41) is 3.40. The Morgan fingerprint density at radius 3 is 2.62 bits per heavy atom. The van der Waals surface area contributed by atoms with Crippen LogP contribution in [0.2, 0.25) is 0 Å². The molecule has 6 nitrogen and oxygen atoms in total. The highest BCUT2D eigenvalue weighted by molar-refractivity contribution is 5.77. The molecule has 1 amide bonds. The third-order valence-corrected chi connectivity index (χ3v) is 5.09. The van der Waals surface area contributed by atoms with Gasteiger partial charge in [-0.15, -0.1) is 0 Å². The number of hydrogen-bond donors (Lipinski definition) is 1. The van der Waals surface area contributed by atoms with Crippen LogP contribution in [0.5, 0.6) is 11.5 Å². The lowest BCUT2D eigenvalue weighted by Gasteiger charge is -2.36. The second-order valence-electron chi connectivity index (χ2n) is 7.21. The number of nitrogens with one attached hydrogen (secondary N) is 1. The second-order valence-corrected chi connectivity index (χ2v) is 7.21. The average Bonchev–Trinajstić information content (AvgIpc) is 2.73. The molecule has 2 aromatic carbocycles. The number of nitrogens with zero attached hydrogens (tertiary/aromatic N) is 1. The molecule has 29 heavy (non-hydrogen) atoms. The fraction of sp³-hybridized carbons (Fsp3) is 0.391. The van der Waals surface area contributed by atoms with Crippen molar-refractivity contribution in [1.82, 2.24) is 10.2 Å². The molecule has 154 valence electrons. The van der Waals surface area contributed by atoms with Crippen molar-refractivity contribution in [2.75, 3.05) is 26.7 Å². The van der Waals surface area contributed by atoms with Gasteiger partial charge in [0, 0.05) is 39.0 Å². The van der Waals surface area contributed by atoms with Crippen molar-refractivity contribution in [2.45, 2.75) is 32.2 Å². The summed E-state index contributed by atoms with van der Waals surface area (Å²) < 4.78 is 10.4. The fourth-order valence-electron chi connectivity index (χ4n) is 3.66. The van der Waals surface area contributed by atoms with Crippen molar-refractivity contribution in [3.05, 3.63) is 59.7 Å². The quantitative estimate of drug-likeness (QED) is 0.576. The minimum Gasteiger partial charge on any atom is -0.493 e. The summed E-state index contributed by atoms with van der Waals surface area (Å²) in [6.45, 7) is 3.71. The molecule has 0 bridgehead atoms. The highest BCUT2D eigenvalue weighted by atomic mass is 16.6. The lowest BCUT2D eigenvalue weighted by Crippen LogP contribution is -2.54. The van der Waals surface area contributed by atoms with Gasteiger partial charge in [-0.3, -0.25) is 9.59 Å². The molecule has 6 heteroatoms. The Labute approximate surface area is 171 Å². The van der Waals surface area contributed by atoms with E-state index in [0.717, 1.165) is 31.6 Å². The number of benzene rings is 2.